The van der Waals surface area contributed by atoms with Gasteiger partial charge in [0.1, 0.15) is 6.61 Å². The monoisotopic (exact) mass is 297 g/mol. The summed E-state index contributed by atoms with van der Waals surface area (Å²) in [6, 6.07) is 9.20. The Morgan fingerprint density at radius 2 is 1.82 bits per heavy atom. The van der Waals surface area contributed by atoms with Gasteiger partial charge in [-0.3, -0.25) is 0 Å². The van der Waals surface area contributed by atoms with Crippen LogP contribution in [0.15, 0.2) is 41.9 Å². The number of hydrogen-bond donors (Lipinski definition) is 0. The molecule has 0 N–H and O–H groups in total. The zero-order valence-corrected chi connectivity index (χ0v) is 13.8. The molecule has 2 aliphatic rings. The van der Waals surface area contributed by atoms with E-state index in [1.54, 1.807) is 0 Å². The fourth-order valence-corrected chi connectivity index (χ4v) is 3.47. The van der Waals surface area contributed by atoms with Crippen LogP contribution < -0.4 is 0 Å². The molecule has 1 aromatic rings. The topological polar surface area (TPSA) is 21.6 Å². The predicted molar refractivity (Wildman–Crippen MR) is 92.5 cm³/mol. The highest BCUT2D eigenvalue weighted by molar-refractivity contribution is 5.95. The van der Waals surface area contributed by atoms with Gasteiger partial charge in [-0.25, -0.2) is 4.99 Å². The summed E-state index contributed by atoms with van der Waals surface area (Å²) in [5.41, 5.74) is 2.58. The van der Waals surface area contributed by atoms with Crippen molar-refractivity contribution in [3.63, 3.8) is 0 Å². The first-order chi connectivity index (χ1) is 10.7. The second-order valence-corrected chi connectivity index (χ2v) is 7.03. The summed E-state index contributed by atoms with van der Waals surface area (Å²) in [6.45, 7) is 9.05. The molecule has 0 spiro atoms. The van der Waals surface area contributed by atoms with Crippen molar-refractivity contribution in [2.75, 3.05) is 6.61 Å². The summed E-state index contributed by atoms with van der Waals surface area (Å²) in [5.74, 6) is 2.79. The Morgan fingerprint density at radius 3 is 2.36 bits per heavy atom. The van der Waals surface area contributed by atoms with Crippen LogP contribution in [0.2, 0.25) is 0 Å². The van der Waals surface area contributed by atoms with Crippen molar-refractivity contribution in [1.82, 2.24) is 0 Å². The van der Waals surface area contributed by atoms with E-state index in [-0.39, 0.29) is 0 Å². The lowest BCUT2D eigenvalue weighted by atomic mass is 9.79. The Labute approximate surface area is 134 Å². The lowest BCUT2D eigenvalue weighted by Gasteiger charge is -2.27. The van der Waals surface area contributed by atoms with Gasteiger partial charge in [0, 0.05) is 5.56 Å². The second-order valence-electron chi connectivity index (χ2n) is 7.03. The lowest BCUT2D eigenvalue weighted by Crippen LogP contribution is -2.13. The van der Waals surface area contributed by atoms with Gasteiger partial charge in [0.25, 0.3) is 0 Å². The average Bonchev–Trinajstić information content (AvgIpc) is 3.05. The molecule has 0 radical (unpaired) electrons. The van der Waals surface area contributed by atoms with Crippen LogP contribution in [0.4, 0.5) is 0 Å². The zero-order chi connectivity index (χ0) is 15.5. The quantitative estimate of drug-likeness (QED) is 0.721. The van der Waals surface area contributed by atoms with Crippen molar-refractivity contribution in [1.29, 1.82) is 0 Å². The Hall–Kier alpha value is -1.57. The molecule has 1 atom stereocenters. The van der Waals surface area contributed by atoms with Crippen LogP contribution in [0.25, 0.3) is 0 Å². The van der Waals surface area contributed by atoms with Crippen LogP contribution in [0, 0.1) is 11.8 Å². The van der Waals surface area contributed by atoms with E-state index >= 15 is 0 Å². The molecule has 118 valence electrons. The molecule has 1 aliphatic carbocycles. The van der Waals surface area contributed by atoms with Crippen molar-refractivity contribution in [3.8, 4) is 0 Å². The molecule has 0 unspecified atom stereocenters. The highest BCUT2D eigenvalue weighted by Gasteiger charge is 2.24. The molecule has 0 aromatic heterocycles. The van der Waals surface area contributed by atoms with E-state index in [0.29, 0.717) is 17.9 Å². The van der Waals surface area contributed by atoms with Crippen molar-refractivity contribution < 1.29 is 4.74 Å². The maximum absolute atomic E-state index is 5.77. The molecule has 1 aliphatic heterocycles. The van der Waals surface area contributed by atoms with Crippen molar-refractivity contribution in [2.45, 2.75) is 51.5 Å². The van der Waals surface area contributed by atoms with Gasteiger partial charge in [-0.05, 0) is 61.1 Å². The number of hydrogen-bond acceptors (Lipinski definition) is 2. The van der Waals surface area contributed by atoms with E-state index in [1.807, 2.05) is 0 Å². The molecule has 0 bridgehead atoms. The molecule has 2 heteroatoms. The molecule has 1 fully saturated rings. The number of nitrogens with zero attached hydrogens (tertiary/aromatic N) is 1. The van der Waals surface area contributed by atoms with Gasteiger partial charge in [-0.2, -0.15) is 0 Å². The van der Waals surface area contributed by atoms with E-state index in [0.717, 1.165) is 24.0 Å². The third-order valence-corrected chi connectivity index (χ3v) is 5.18. The number of allylic oxidation sites excluding steroid dienone is 1. The van der Waals surface area contributed by atoms with Gasteiger partial charge in [0.2, 0.25) is 5.90 Å². The SMILES string of the molecule is C=C[C@H]1CC[C@H](c2ccc(C3=N[C@@H](C(C)C)CO3)cc2)CC1. The van der Waals surface area contributed by atoms with Crippen molar-refractivity contribution in [3.05, 3.63) is 48.0 Å². The minimum Gasteiger partial charge on any atom is -0.475 e. The molecular formula is C20H27NO. The smallest absolute Gasteiger partial charge is 0.216 e. The number of benzene rings is 1. The normalized spacial score (nSPS) is 28.3. The molecule has 2 nitrogen and oxygen atoms in total. The summed E-state index contributed by atoms with van der Waals surface area (Å²) in [6.07, 6.45) is 7.25. The van der Waals surface area contributed by atoms with E-state index < -0.39 is 0 Å². The maximum Gasteiger partial charge on any atom is 0.216 e. The fourth-order valence-electron chi connectivity index (χ4n) is 3.47. The summed E-state index contributed by atoms with van der Waals surface area (Å²) in [5, 5.41) is 0. The molecule has 0 amide bonds. The van der Waals surface area contributed by atoms with Crippen LogP contribution in [0.3, 0.4) is 0 Å². The second kappa shape index (κ2) is 6.68. The Morgan fingerprint density at radius 1 is 1.14 bits per heavy atom. The van der Waals surface area contributed by atoms with Crippen LogP contribution in [-0.4, -0.2) is 18.5 Å². The minimum absolute atomic E-state index is 0.309. The van der Waals surface area contributed by atoms with Gasteiger partial charge >= 0.3 is 0 Å². The molecule has 1 saturated carbocycles. The van der Waals surface area contributed by atoms with E-state index in [9.17, 15) is 0 Å². The highest BCUT2D eigenvalue weighted by Crippen LogP contribution is 2.36. The first-order valence-corrected chi connectivity index (χ1v) is 8.61. The standard InChI is InChI=1S/C20H27NO/c1-4-15-5-7-16(8-6-15)17-9-11-18(12-10-17)20-21-19(13-22-20)14(2)3/h4,9-12,14-16,19H,1,5-8,13H2,2-3H3/t15-,16-,19-/m1/s1. The van der Waals surface area contributed by atoms with Crippen molar-refractivity contribution in [2.24, 2.45) is 16.8 Å². The average molecular weight is 297 g/mol. The summed E-state index contributed by atoms with van der Waals surface area (Å²) < 4.78 is 5.77. The molecule has 3 rings (SSSR count). The molecule has 0 saturated heterocycles. The third-order valence-electron chi connectivity index (χ3n) is 5.18. The van der Waals surface area contributed by atoms with Crippen LogP contribution in [0.1, 0.15) is 56.6 Å². The number of aliphatic imine (C=N–C) groups is 1. The molecule has 1 aromatic carbocycles. The zero-order valence-electron chi connectivity index (χ0n) is 13.8. The number of ether oxygens (including phenoxy) is 1. The van der Waals surface area contributed by atoms with E-state index in [1.165, 1.54) is 31.2 Å². The van der Waals surface area contributed by atoms with Gasteiger partial charge in [0.05, 0.1) is 6.04 Å². The summed E-state index contributed by atoms with van der Waals surface area (Å²) >= 11 is 0. The predicted octanol–water partition coefficient (Wildman–Crippen LogP) is 4.95. The van der Waals surface area contributed by atoms with Gasteiger partial charge in [0.15, 0.2) is 0 Å². The van der Waals surface area contributed by atoms with Crippen LogP contribution in [-0.2, 0) is 4.74 Å². The van der Waals surface area contributed by atoms with Crippen molar-refractivity contribution >= 4 is 5.90 Å². The Bertz CT molecular complexity index is 535. The van der Waals surface area contributed by atoms with E-state index in [2.05, 4.69) is 50.8 Å². The summed E-state index contributed by atoms with van der Waals surface area (Å²) in [4.78, 5) is 4.70. The van der Waals surface area contributed by atoms with Gasteiger partial charge < -0.3 is 4.74 Å². The molecular weight excluding hydrogens is 270 g/mol. The van der Waals surface area contributed by atoms with Crippen LogP contribution >= 0.6 is 0 Å². The largest absolute Gasteiger partial charge is 0.475 e. The minimum atomic E-state index is 0.309. The first kappa shape index (κ1) is 15.3. The molecule has 1 heterocycles. The number of rotatable bonds is 4. The lowest BCUT2D eigenvalue weighted by molar-refractivity contribution is 0.292. The van der Waals surface area contributed by atoms with Gasteiger partial charge in [-0.15, -0.1) is 6.58 Å². The van der Waals surface area contributed by atoms with E-state index in [4.69, 9.17) is 9.73 Å². The third kappa shape index (κ3) is 3.26. The van der Waals surface area contributed by atoms with Crippen LogP contribution in [0.5, 0.6) is 0 Å². The van der Waals surface area contributed by atoms with Gasteiger partial charge in [-0.1, -0.05) is 32.1 Å². The first-order valence-electron chi connectivity index (χ1n) is 8.61. The fraction of sp³-hybridized carbons (Fsp3) is 0.550. The highest BCUT2D eigenvalue weighted by atomic mass is 16.5. The summed E-state index contributed by atoms with van der Waals surface area (Å²) in [7, 11) is 0. The Balaban J connectivity index is 1.66. The maximum atomic E-state index is 5.77. The molecule has 22 heavy (non-hydrogen) atoms. The Kier molecular flexibility index (Phi) is 4.66.